The van der Waals surface area contributed by atoms with Crippen LogP contribution >= 0.6 is 36.4 Å². The molecule has 3 rings (SSSR count). The molecule has 0 spiro atoms. The molecule has 0 aromatic heterocycles. The average Bonchev–Trinajstić information content (AvgIpc) is 3.09. The number of hydrogen-bond donors (Lipinski definition) is 1. The summed E-state index contributed by atoms with van der Waals surface area (Å²) in [7, 11) is 3.52. The van der Waals surface area contributed by atoms with Gasteiger partial charge in [-0.05, 0) is 44.3 Å². The number of carbonyl (C=O) groups excluding carboxylic acids is 1. The highest BCUT2D eigenvalue weighted by Gasteiger charge is 2.39. The number of amides is 1. The zero-order valence-electron chi connectivity index (χ0n) is 16.4. The summed E-state index contributed by atoms with van der Waals surface area (Å²) < 4.78 is 14.5. The molecule has 1 aliphatic rings. The second kappa shape index (κ2) is 11.1. The van der Waals surface area contributed by atoms with Crippen LogP contribution in [0.3, 0.4) is 0 Å². The molecule has 160 valence electrons. The summed E-state index contributed by atoms with van der Waals surface area (Å²) in [5, 5.41) is 0.260. The third-order valence-electron chi connectivity index (χ3n) is 5.31. The number of hydrogen-bond acceptors (Lipinski definition) is 3. The van der Waals surface area contributed by atoms with E-state index in [1.807, 2.05) is 18.2 Å². The molecule has 2 N–H and O–H groups in total. The maximum Gasteiger partial charge on any atom is 0.244 e. The Bertz CT molecular complexity index is 787. The highest BCUT2D eigenvalue weighted by Crippen LogP contribution is 2.36. The van der Waals surface area contributed by atoms with E-state index in [1.165, 1.54) is 11.6 Å². The molecular formula is C21H27Cl3FN3O. The van der Waals surface area contributed by atoms with E-state index in [0.29, 0.717) is 19.6 Å². The van der Waals surface area contributed by atoms with Crippen molar-refractivity contribution in [2.45, 2.75) is 12.0 Å². The smallest absolute Gasteiger partial charge is 0.244 e. The lowest BCUT2D eigenvalue weighted by Gasteiger charge is -2.29. The standard InChI is InChI=1S/C21H25ClFN3O.2ClH/c1-25(2)20(19-17(22)9-6-10-18(19)23)21(27)26-12-15(11-24)16(13-26)14-7-4-3-5-8-14;;/h3-10,15-16,20H,11-13,24H2,1-2H3;2*1H/t15-,16+,20?;;/m1../s1. The fraction of sp³-hybridized carbons (Fsp3) is 0.381. The van der Waals surface area contributed by atoms with Gasteiger partial charge in [0.2, 0.25) is 5.91 Å². The molecule has 1 fully saturated rings. The fourth-order valence-electron chi connectivity index (χ4n) is 3.92. The molecular weight excluding hydrogens is 436 g/mol. The van der Waals surface area contributed by atoms with Gasteiger partial charge in [0, 0.05) is 29.6 Å². The number of benzene rings is 2. The molecule has 0 radical (unpaired) electrons. The Hall–Kier alpha value is -1.37. The first kappa shape index (κ1) is 25.7. The van der Waals surface area contributed by atoms with Crippen molar-refractivity contribution >= 4 is 42.3 Å². The van der Waals surface area contributed by atoms with Gasteiger partial charge >= 0.3 is 0 Å². The highest BCUT2D eigenvalue weighted by molar-refractivity contribution is 6.31. The zero-order valence-corrected chi connectivity index (χ0v) is 18.8. The summed E-state index contributed by atoms with van der Waals surface area (Å²) in [4.78, 5) is 16.9. The van der Waals surface area contributed by atoms with Crippen molar-refractivity contribution in [1.82, 2.24) is 9.80 Å². The predicted molar refractivity (Wildman–Crippen MR) is 121 cm³/mol. The lowest BCUT2D eigenvalue weighted by atomic mass is 9.89. The molecule has 3 atom stereocenters. The van der Waals surface area contributed by atoms with Gasteiger partial charge in [0.25, 0.3) is 0 Å². The molecule has 1 heterocycles. The van der Waals surface area contributed by atoms with Crippen LogP contribution in [0.25, 0.3) is 0 Å². The number of likely N-dealkylation sites (N-methyl/N-ethyl adjacent to an activating group) is 1. The topological polar surface area (TPSA) is 49.6 Å². The SMILES string of the molecule is CN(C)C(C(=O)N1C[C@@H](CN)[C@H](c2ccccc2)C1)c1c(F)cccc1Cl.Cl.Cl. The minimum absolute atomic E-state index is 0. The van der Waals surface area contributed by atoms with E-state index in [9.17, 15) is 9.18 Å². The summed E-state index contributed by atoms with van der Waals surface area (Å²) in [5.41, 5.74) is 7.39. The first-order chi connectivity index (χ1) is 12.9. The van der Waals surface area contributed by atoms with Crippen LogP contribution < -0.4 is 5.73 Å². The summed E-state index contributed by atoms with van der Waals surface area (Å²) >= 11 is 6.24. The molecule has 29 heavy (non-hydrogen) atoms. The van der Waals surface area contributed by atoms with Gasteiger partial charge < -0.3 is 10.6 Å². The second-order valence-electron chi connectivity index (χ2n) is 7.26. The lowest BCUT2D eigenvalue weighted by Crippen LogP contribution is -2.40. The summed E-state index contributed by atoms with van der Waals surface area (Å²) in [5.74, 6) is -0.262. The van der Waals surface area contributed by atoms with Crippen molar-refractivity contribution in [3.8, 4) is 0 Å². The highest BCUT2D eigenvalue weighted by atomic mass is 35.5. The molecule has 4 nitrogen and oxygen atoms in total. The van der Waals surface area contributed by atoms with E-state index in [4.69, 9.17) is 17.3 Å². The molecule has 1 saturated heterocycles. The Balaban J connectivity index is 0.00000210. The van der Waals surface area contributed by atoms with Crippen LogP contribution in [0.15, 0.2) is 48.5 Å². The summed E-state index contributed by atoms with van der Waals surface area (Å²) in [6, 6.07) is 13.8. The number of rotatable bonds is 5. The molecule has 0 bridgehead atoms. The second-order valence-corrected chi connectivity index (χ2v) is 7.66. The van der Waals surface area contributed by atoms with Crippen LogP contribution in [-0.4, -0.2) is 49.4 Å². The Morgan fingerprint density at radius 2 is 1.83 bits per heavy atom. The Morgan fingerprint density at radius 1 is 1.17 bits per heavy atom. The Morgan fingerprint density at radius 3 is 2.38 bits per heavy atom. The van der Waals surface area contributed by atoms with E-state index >= 15 is 0 Å². The number of nitrogens with zero attached hydrogens (tertiary/aromatic N) is 2. The first-order valence-electron chi connectivity index (χ1n) is 9.08. The Kier molecular flexibility index (Phi) is 9.86. The fourth-order valence-corrected chi connectivity index (χ4v) is 4.18. The summed E-state index contributed by atoms with van der Waals surface area (Å²) in [6.07, 6.45) is 0. The van der Waals surface area contributed by atoms with Crippen molar-refractivity contribution in [3.05, 3.63) is 70.5 Å². The van der Waals surface area contributed by atoms with Crippen LogP contribution in [0.4, 0.5) is 4.39 Å². The van der Waals surface area contributed by atoms with Crippen LogP contribution in [0.5, 0.6) is 0 Å². The number of halogens is 4. The van der Waals surface area contributed by atoms with Gasteiger partial charge in [-0.15, -0.1) is 24.8 Å². The van der Waals surface area contributed by atoms with Gasteiger partial charge in [0.1, 0.15) is 11.9 Å². The van der Waals surface area contributed by atoms with Crippen LogP contribution in [0.1, 0.15) is 23.1 Å². The number of nitrogens with two attached hydrogens (primary N) is 1. The minimum Gasteiger partial charge on any atom is -0.340 e. The van der Waals surface area contributed by atoms with Crippen LogP contribution in [-0.2, 0) is 4.79 Å². The lowest BCUT2D eigenvalue weighted by molar-refractivity contribution is -0.135. The first-order valence-corrected chi connectivity index (χ1v) is 9.46. The zero-order chi connectivity index (χ0) is 19.6. The van der Waals surface area contributed by atoms with E-state index in [1.54, 1.807) is 36.0 Å². The van der Waals surface area contributed by atoms with Gasteiger partial charge in [-0.1, -0.05) is 48.0 Å². The maximum absolute atomic E-state index is 14.5. The largest absolute Gasteiger partial charge is 0.340 e. The van der Waals surface area contributed by atoms with Gasteiger partial charge in [0.05, 0.1) is 0 Å². The molecule has 1 amide bonds. The summed E-state index contributed by atoms with van der Waals surface area (Å²) in [6.45, 7) is 1.63. The molecule has 2 aromatic carbocycles. The van der Waals surface area contributed by atoms with Gasteiger partial charge in [-0.2, -0.15) is 0 Å². The van der Waals surface area contributed by atoms with Gasteiger partial charge in [-0.25, -0.2) is 4.39 Å². The van der Waals surface area contributed by atoms with E-state index in [2.05, 4.69) is 12.1 Å². The molecule has 0 saturated carbocycles. The third-order valence-corrected chi connectivity index (χ3v) is 5.64. The molecule has 1 unspecified atom stereocenters. The van der Waals surface area contributed by atoms with E-state index < -0.39 is 11.9 Å². The number of carbonyl (C=O) groups is 1. The normalized spacial score (nSPS) is 19.4. The van der Waals surface area contributed by atoms with Crippen LogP contribution in [0, 0.1) is 11.7 Å². The van der Waals surface area contributed by atoms with Crippen molar-refractivity contribution in [2.75, 3.05) is 33.7 Å². The molecule has 0 aliphatic carbocycles. The van der Waals surface area contributed by atoms with Crippen molar-refractivity contribution in [1.29, 1.82) is 0 Å². The molecule has 8 heteroatoms. The van der Waals surface area contributed by atoms with E-state index in [-0.39, 0.29) is 53.1 Å². The monoisotopic (exact) mass is 461 g/mol. The predicted octanol–water partition coefficient (Wildman–Crippen LogP) is 4.13. The number of likely N-dealkylation sites (tertiary alicyclic amines) is 1. The molecule has 1 aliphatic heterocycles. The Labute approximate surface area is 189 Å². The minimum atomic E-state index is -0.772. The quantitative estimate of drug-likeness (QED) is 0.727. The van der Waals surface area contributed by atoms with Gasteiger partial charge in [0.15, 0.2) is 0 Å². The van der Waals surface area contributed by atoms with Crippen LogP contribution in [0.2, 0.25) is 5.02 Å². The third kappa shape index (κ3) is 5.41. The average molecular weight is 463 g/mol. The maximum atomic E-state index is 14.5. The molecule has 2 aromatic rings. The van der Waals surface area contributed by atoms with Crippen molar-refractivity contribution < 1.29 is 9.18 Å². The van der Waals surface area contributed by atoms with Crippen molar-refractivity contribution in [3.63, 3.8) is 0 Å². The van der Waals surface area contributed by atoms with Gasteiger partial charge in [-0.3, -0.25) is 9.69 Å². The van der Waals surface area contributed by atoms with Crippen molar-refractivity contribution in [2.24, 2.45) is 11.7 Å². The van der Waals surface area contributed by atoms with E-state index in [0.717, 1.165) is 0 Å².